The Morgan fingerprint density at radius 3 is 2.04 bits per heavy atom. The molecule has 0 aliphatic carbocycles. The summed E-state index contributed by atoms with van der Waals surface area (Å²) in [5.41, 5.74) is -3.47. The van der Waals surface area contributed by atoms with Gasteiger partial charge in [0.05, 0.1) is 33.3 Å². The number of anilines is 1. The zero-order valence-electron chi connectivity index (χ0n) is 28.1. The van der Waals surface area contributed by atoms with Crippen LogP contribution in [0.4, 0.5) is 41.6 Å². The van der Waals surface area contributed by atoms with E-state index in [2.05, 4.69) is 20.0 Å². The highest BCUT2D eigenvalue weighted by Crippen LogP contribution is 2.33. The molecule has 52 heavy (non-hydrogen) atoms. The van der Waals surface area contributed by atoms with Crippen molar-refractivity contribution in [1.82, 2.24) is 20.0 Å². The molecule has 14 nitrogen and oxygen atoms in total. The molecule has 1 atom stereocenters. The average Bonchev–Trinajstić information content (AvgIpc) is 3.36. The number of nitrogens with zero attached hydrogens (tertiary/aromatic N) is 2. The van der Waals surface area contributed by atoms with Crippen LogP contribution in [0, 0.1) is 0 Å². The molecule has 3 aromatic rings. The van der Waals surface area contributed by atoms with Crippen molar-refractivity contribution in [1.29, 1.82) is 0 Å². The van der Waals surface area contributed by atoms with Gasteiger partial charge in [-0.3, -0.25) is 0 Å². The van der Waals surface area contributed by atoms with Gasteiger partial charge < -0.3 is 24.5 Å². The summed E-state index contributed by atoms with van der Waals surface area (Å²) in [5, 5.41) is 2.06. The molecule has 2 amide bonds. The van der Waals surface area contributed by atoms with Gasteiger partial charge in [-0.15, -0.1) is 0 Å². The summed E-state index contributed by atoms with van der Waals surface area (Å²) >= 11 is 6.39. The number of alkyl carbamates (subject to hydrolysis) is 1. The van der Waals surface area contributed by atoms with E-state index in [0.717, 1.165) is 30.3 Å². The number of nitrogens with one attached hydrogen (secondary N) is 3. The van der Waals surface area contributed by atoms with Crippen LogP contribution in [0.3, 0.4) is 0 Å². The Labute approximate surface area is 297 Å². The Balaban J connectivity index is 2.03. The standard InChI is InChI=1S/C30H32ClF6N5O9S/c1-27(2,3)50-25(45)40-20(23-38-18-9-8-16(29(32,33)34)13-19(18)39-23)12-15-7-10-21(17(31)11-15)42(14-22(43)49-24(44)30(35,36)37)52(47,48)41-26(46)51-28(4,5)6/h7-11,13,20H,12,14H2,1-6H3,(H,38,39)(H,40,45)(H,41,46). The Kier molecular flexibility index (Phi) is 12.1. The van der Waals surface area contributed by atoms with Gasteiger partial charge in [0.25, 0.3) is 0 Å². The molecule has 0 bridgehead atoms. The molecule has 1 aromatic heterocycles. The average molecular weight is 788 g/mol. The van der Waals surface area contributed by atoms with E-state index in [-0.39, 0.29) is 33.1 Å². The fraction of sp³-hybridized carbons (Fsp3) is 0.433. The van der Waals surface area contributed by atoms with Gasteiger partial charge in [-0.2, -0.15) is 34.8 Å². The topological polar surface area (TPSA) is 186 Å². The van der Waals surface area contributed by atoms with E-state index in [1.165, 1.54) is 31.6 Å². The third-order valence-corrected chi connectivity index (χ3v) is 7.82. The van der Waals surface area contributed by atoms with Crippen LogP contribution in [-0.2, 0) is 46.6 Å². The zero-order chi connectivity index (χ0) is 39.6. The van der Waals surface area contributed by atoms with Crippen molar-refractivity contribution in [3.63, 3.8) is 0 Å². The molecule has 0 saturated carbocycles. The van der Waals surface area contributed by atoms with E-state index in [0.29, 0.717) is 0 Å². The predicted molar refractivity (Wildman–Crippen MR) is 171 cm³/mol. The maximum atomic E-state index is 13.3. The Morgan fingerprint density at radius 1 is 0.904 bits per heavy atom. The molecule has 3 rings (SSSR count). The normalized spacial score (nSPS) is 13.2. The van der Waals surface area contributed by atoms with Crippen molar-refractivity contribution in [2.75, 3.05) is 10.8 Å². The zero-order valence-corrected chi connectivity index (χ0v) is 29.7. The fourth-order valence-corrected chi connectivity index (χ4v) is 5.63. The molecular formula is C30H32ClF6N5O9S. The first kappa shape index (κ1) is 41.6. The van der Waals surface area contributed by atoms with Crippen molar-refractivity contribution in [3.8, 4) is 0 Å². The lowest BCUT2D eigenvalue weighted by atomic mass is 10.0. The van der Waals surface area contributed by atoms with Crippen molar-refractivity contribution in [3.05, 3.63) is 58.4 Å². The van der Waals surface area contributed by atoms with Gasteiger partial charge in [0.1, 0.15) is 23.6 Å². The first-order valence-electron chi connectivity index (χ1n) is 14.7. The lowest BCUT2D eigenvalue weighted by molar-refractivity contribution is -0.201. The second-order valence-electron chi connectivity index (χ2n) is 12.9. The highest BCUT2D eigenvalue weighted by atomic mass is 35.5. The maximum absolute atomic E-state index is 13.3. The van der Waals surface area contributed by atoms with E-state index < -0.39 is 86.7 Å². The van der Waals surface area contributed by atoms with Crippen molar-refractivity contribution in [2.24, 2.45) is 0 Å². The molecule has 0 radical (unpaired) electrons. The molecule has 0 aliphatic rings. The highest BCUT2D eigenvalue weighted by Gasteiger charge is 2.43. The number of esters is 2. The number of amides is 2. The number of carbonyl (C=O) groups is 4. The van der Waals surface area contributed by atoms with Crippen LogP contribution >= 0.6 is 11.6 Å². The summed E-state index contributed by atoms with van der Waals surface area (Å²) < 4.78 is 120. The number of rotatable bonds is 9. The van der Waals surface area contributed by atoms with Gasteiger partial charge in [-0.1, -0.05) is 17.7 Å². The van der Waals surface area contributed by atoms with Crippen LogP contribution in [-0.4, -0.2) is 66.4 Å². The van der Waals surface area contributed by atoms with Gasteiger partial charge >= 0.3 is 46.7 Å². The highest BCUT2D eigenvalue weighted by molar-refractivity contribution is 7.91. The minimum atomic E-state index is -5.61. The number of fused-ring (bicyclic) bond motifs is 1. The molecule has 22 heteroatoms. The van der Waals surface area contributed by atoms with Gasteiger partial charge in [-0.25, -0.2) is 33.2 Å². The summed E-state index contributed by atoms with van der Waals surface area (Å²) in [7, 11) is -5.21. The molecule has 2 aromatic carbocycles. The second kappa shape index (κ2) is 15.1. The van der Waals surface area contributed by atoms with Gasteiger partial charge in [-0.05, 0) is 77.4 Å². The molecule has 1 unspecified atom stereocenters. The number of ether oxygens (including phenoxy) is 3. The molecule has 0 fully saturated rings. The summed E-state index contributed by atoms with van der Waals surface area (Å²) in [6.45, 7) is 7.31. The minimum Gasteiger partial charge on any atom is -0.444 e. The minimum absolute atomic E-state index is 0.0248. The third kappa shape index (κ3) is 11.9. The first-order valence-corrected chi connectivity index (χ1v) is 16.6. The Morgan fingerprint density at radius 2 is 1.50 bits per heavy atom. The van der Waals surface area contributed by atoms with Crippen LogP contribution in [0.5, 0.6) is 0 Å². The van der Waals surface area contributed by atoms with Crippen molar-refractivity contribution < 1.29 is 68.1 Å². The van der Waals surface area contributed by atoms with Gasteiger partial charge in [0.15, 0.2) is 0 Å². The van der Waals surface area contributed by atoms with E-state index in [1.807, 2.05) is 0 Å². The number of halogens is 7. The number of imidazole rings is 1. The van der Waals surface area contributed by atoms with Crippen LogP contribution in [0.25, 0.3) is 11.0 Å². The number of H-pyrrole nitrogens is 1. The van der Waals surface area contributed by atoms with Gasteiger partial charge in [0, 0.05) is 6.42 Å². The van der Waals surface area contributed by atoms with Crippen molar-refractivity contribution >= 4 is 62.7 Å². The summed E-state index contributed by atoms with van der Waals surface area (Å²) in [6, 6.07) is 4.91. The lowest BCUT2D eigenvalue weighted by Gasteiger charge is -2.26. The summed E-state index contributed by atoms with van der Waals surface area (Å²) in [5.74, 6) is -4.97. The second-order valence-corrected chi connectivity index (χ2v) is 14.9. The number of carbonyl (C=O) groups excluding carboxylic acids is 4. The van der Waals surface area contributed by atoms with Gasteiger partial charge in [0.2, 0.25) is 0 Å². The number of hydrogen-bond donors (Lipinski definition) is 3. The van der Waals surface area contributed by atoms with E-state index in [9.17, 15) is 53.9 Å². The monoisotopic (exact) mass is 787 g/mol. The van der Waals surface area contributed by atoms with Crippen molar-refractivity contribution in [2.45, 2.75) is 77.6 Å². The molecule has 0 spiro atoms. The maximum Gasteiger partial charge on any atom is 0.491 e. The fourth-order valence-electron chi connectivity index (χ4n) is 4.22. The lowest BCUT2D eigenvalue weighted by Crippen LogP contribution is -2.48. The van der Waals surface area contributed by atoms with E-state index in [1.54, 1.807) is 20.8 Å². The summed E-state index contributed by atoms with van der Waals surface area (Å²) in [4.78, 5) is 55.6. The van der Waals surface area contributed by atoms with Crippen LogP contribution in [0.1, 0.15) is 64.5 Å². The third-order valence-electron chi connectivity index (χ3n) is 6.18. The number of aromatic amines is 1. The quantitative estimate of drug-likeness (QED) is 0.0969. The SMILES string of the molecule is CC(C)(C)OC(=O)NC(Cc1ccc(N(CC(=O)OC(=O)C(F)(F)F)S(=O)(=O)NC(=O)OC(C)(C)C)c(Cl)c1)c1nc2cc(C(F)(F)F)ccc2[nH]1. The molecule has 3 N–H and O–H groups in total. The molecule has 0 saturated heterocycles. The number of aromatic nitrogens is 2. The Bertz CT molecular complexity index is 1960. The Hall–Kier alpha value is -4.79. The molecule has 0 aliphatic heterocycles. The van der Waals surface area contributed by atoms with Crippen LogP contribution in [0.2, 0.25) is 5.02 Å². The molecular weight excluding hydrogens is 756 g/mol. The van der Waals surface area contributed by atoms with E-state index >= 15 is 0 Å². The molecule has 1 heterocycles. The van der Waals surface area contributed by atoms with Crippen LogP contribution < -0.4 is 14.3 Å². The van der Waals surface area contributed by atoms with Crippen LogP contribution in [0.15, 0.2) is 36.4 Å². The summed E-state index contributed by atoms with van der Waals surface area (Å²) in [6.07, 6.45) is -13.0. The first-order chi connectivity index (χ1) is 23.5. The predicted octanol–water partition coefficient (Wildman–Crippen LogP) is 6.25. The molecule has 286 valence electrons. The number of hydrogen-bond acceptors (Lipinski definition) is 10. The van der Waals surface area contributed by atoms with E-state index in [4.69, 9.17) is 21.1 Å². The number of benzene rings is 2. The number of alkyl halides is 6. The smallest absolute Gasteiger partial charge is 0.444 e. The largest absolute Gasteiger partial charge is 0.491 e.